The van der Waals surface area contributed by atoms with E-state index in [4.69, 9.17) is 19.7 Å². The first-order valence-corrected chi connectivity index (χ1v) is 24.9. The highest BCUT2D eigenvalue weighted by Crippen LogP contribution is 2.33. The van der Waals surface area contributed by atoms with Crippen molar-refractivity contribution in [3.05, 3.63) is 77.3 Å². The molecule has 2 fully saturated rings. The molecule has 0 spiro atoms. The third-order valence-corrected chi connectivity index (χ3v) is 12.7. The van der Waals surface area contributed by atoms with E-state index in [1.54, 1.807) is 60.7 Å². The number of thioether (sulfide) groups is 1. The number of hydrogen-bond donors (Lipinski definition) is 8. The lowest BCUT2D eigenvalue weighted by Gasteiger charge is -2.25. The average molecular weight is 993 g/mol. The number of Topliss-reactive ketones (excluding diaryl/α,β-unsaturated/α-hetero) is 1. The van der Waals surface area contributed by atoms with Crippen molar-refractivity contribution in [2.24, 2.45) is 0 Å². The van der Waals surface area contributed by atoms with E-state index in [0.717, 1.165) is 30.6 Å². The summed E-state index contributed by atoms with van der Waals surface area (Å²) in [4.78, 5) is 104. The topological polar surface area (TPSA) is 297 Å². The molecular formula is C48H68N10O11S. The first-order chi connectivity index (χ1) is 33.9. The fourth-order valence-corrected chi connectivity index (χ4v) is 9.20. The van der Waals surface area contributed by atoms with Gasteiger partial charge in [0.25, 0.3) is 0 Å². The molecule has 0 radical (unpaired) electrons. The van der Waals surface area contributed by atoms with Crippen molar-refractivity contribution < 1.29 is 57.4 Å². The standard InChI is InChI=1S/C48H68N10O11S/c1-33(59)54-39(29-35-14-6-3-7-15-35)47(65)55-37(19-18-36(60)30-53-49)46(64)56-38(28-34-12-4-2-5-13-34)45(63)52-31-43(62)51-21-11-23-68-25-27-69-26-24-67-22-10-20-50-42(61)17-9-8-16-41-44-40(32-70-41)57-48(66)58-44/h2-7,12-15,30,37-41,44H,8-11,16-29,31-32H2,1H3,(H,50,61)(H,51,62)(H,52,63)(H,54,59)(H,55,65)(H,56,64)(H2,57,58,66)/t37-,38-,39-,40-,41-,44-/m0/s1. The number of ketones is 1. The fourth-order valence-electron chi connectivity index (χ4n) is 7.65. The van der Waals surface area contributed by atoms with Gasteiger partial charge in [-0.15, -0.1) is 0 Å². The highest BCUT2D eigenvalue weighted by atomic mass is 32.2. The number of carbonyl (C=O) groups is 8. The van der Waals surface area contributed by atoms with Gasteiger partial charge >= 0.3 is 12.2 Å². The van der Waals surface area contributed by atoms with E-state index in [1.807, 2.05) is 11.8 Å². The van der Waals surface area contributed by atoms with Gasteiger partial charge in [0, 0.05) is 69.9 Å². The van der Waals surface area contributed by atoms with E-state index in [9.17, 15) is 38.4 Å². The van der Waals surface area contributed by atoms with Crippen LogP contribution >= 0.6 is 11.8 Å². The second kappa shape index (κ2) is 32.6. The molecule has 0 saturated carbocycles. The number of amides is 8. The highest BCUT2D eigenvalue weighted by molar-refractivity contribution is 8.00. The number of unbranched alkanes of at least 4 members (excludes halogenated alkanes) is 1. The number of benzene rings is 2. The summed E-state index contributed by atoms with van der Waals surface area (Å²) in [6.45, 7) is 4.05. The number of nitrogens with one attached hydrogen (secondary N) is 8. The maximum atomic E-state index is 13.8. The van der Waals surface area contributed by atoms with Crippen LogP contribution in [0.3, 0.4) is 0 Å². The minimum absolute atomic E-state index is 0.0280. The lowest BCUT2D eigenvalue weighted by atomic mass is 10.0. The summed E-state index contributed by atoms with van der Waals surface area (Å²) in [7, 11) is 0. The number of ether oxygens (including phenoxy) is 3. The summed E-state index contributed by atoms with van der Waals surface area (Å²) >= 11 is 1.88. The van der Waals surface area contributed by atoms with Crippen LogP contribution in [0.4, 0.5) is 4.79 Å². The van der Waals surface area contributed by atoms with Crippen molar-refractivity contribution in [1.29, 1.82) is 0 Å². The van der Waals surface area contributed by atoms with Crippen LogP contribution in [0.2, 0.25) is 0 Å². The van der Waals surface area contributed by atoms with Gasteiger partial charge in [-0.05, 0) is 43.2 Å². The van der Waals surface area contributed by atoms with Crippen molar-refractivity contribution in [1.82, 2.24) is 42.5 Å². The summed E-state index contributed by atoms with van der Waals surface area (Å²) in [5.41, 5.74) is 10.3. The van der Waals surface area contributed by atoms with E-state index < -0.39 is 53.4 Å². The van der Waals surface area contributed by atoms with E-state index >= 15 is 0 Å². The average Bonchev–Trinajstić information content (AvgIpc) is 3.90. The van der Waals surface area contributed by atoms with Gasteiger partial charge in [0.05, 0.1) is 45.1 Å². The van der Waals surface area contributed by atoms with E-state index in [-0.39, 0.29) is 62.8 Å². The van der Waals surface area contributed by atoms with E-state index in [2.05, 4.69) is 47.3 Å². The maximum absolute atomic E-state index is 13.8. The highest BCUT2D eigenvalue weighted by Gasteiger charge is 2.42. The molecule has 0 unspecified atom stereocenters. The van der Waals surface area contributed by atoms with Gasteiger partial charge in [0.2, 0.25) is 41.2 Å². The number of carbonyl (C=O) groups excluding carboxylic acids is 8. The number of urea groups is 1. The molecule has 2 heterocycles. The van der Waals surface area contributed by atoms with Crippen molar-refractivity contribution >= 4 is 65.2 Å². The molecule has 0 aromatic heterocycles. The molecule has 2 aliphatic heterocycles. The molecule has 0 bridgehead atoms. The molecule has 2 aliphatic rings. The number of nitrogens with zero attached hydrogens (tertiary/aromatic N) is 2. The van der Waals surface area contributed by atoms with Crippen LogP contribution in [0, 0.1) is 0 Å². The number of rotatable bonds is 35. The van der Waals surface area contributed by atoms with E-state index in [1.165, 1.54) is 6.92 Å². The summed E-state index contributed by atoms with van der Waals surface area (Å²) < 4.78 is 16.7. The second-order valence-corrected chi connectivity index (χ2v) is 18.1. The fraction of sp³-hybridized carbons (Fsp3) is 0.562. The third kappa shape index (κ3) is 22.5. The molecule has 8 amide bonds. The van der Waals surface area contributed by atoms with Gasteiger partial charge in [0.1, 0.15) is 18.1 Å². The summed E-state index contributed by atoms with van der Waals surface area (Å²) in [5, 5.41) is 22.4. The van der Waals surface area contributed by atoms with Crippen LogP contribution in [-0.2, 0) is 60.6 Å². The van der Waals surface area contributed by atoms with Gasteiger partial charge in [-0.1, -0.05) is 67.1 Å². The van der Waals surface area contributed by atoms with E-state index in [0.29, 0.717) is 82.5 Å². The van der Waals surface area contributed by atoms with Crippen LogP contribution in [0.25, 0.3) is 5.53 Å². The molecule has 22 heteroatoms. The van der Waals surface area contributed by atoms with Crippen LogP contribution < -0.4 is 42.5 Å². The van der Waals surface area contributed by atoms with Crippen LogP contribution in [0.1, 0.15) is 69.4 Å². The smallest absolute Gasteiger partial charge is 0.323 e. The zero-order valence-corrected chi connectivity index (χ0v) is 40.6. The normalized spacial score (nSPS) is 17.0. The Morgan fingerprint density at radius 3 is 1.84 bits per heavy atom. The van der Waals surface area contributed by atoms with Crippen LogP contribution in [0.15, 0.2) is 60.7 Å². The second-order valence-electron chi connectivity index (χ2n) is 16.8. The Bertz CT molecular complexity index is 2050. The molecule has 2 aromatic rings. The van der Waals surface area contributed by atoms with Gasteiger partial charge in [-0.25, -0.2) is 4.79 Å². The monoisotopic (exact) mass is 992 g/mol. The van der Waals surface area contributed by atoms with Crippen molar-refractivity contribution in [2.75, 3.05) is 65.0 Å². The zero-order valence-electron chi connectivity index (χ0n) is 39.8. The molecule has 2 saturated heterocycles. The van der Waals surface area contributed by atoms with Gasteiger partial charge < -0.3 is 62.3 Å². The Kier molecular flexibility index (Phi) is 26.3. The zero-order chi connectivity index (χ0) is 50.4. The van der Waals surface area contributed by atoms with Gasteiger partial charge in [-0.3, -0.25) is 33.6 Å². The molecule has 6 atom stereocenters. The summed E-state index contributed by atoms with van der Waals surface area (Å²) in [6, 6.07) is 14.5. The van der Waals surface area contributed by atoms with Crippen LogP contribution in [0.5, 0.6) is 0 Å². The Labute approximate surface area is 412 Å². The number of fused-ring (bicyclic) bond motifs is 1. The molecule has 382 valence electrons. The first-order valence-electron chi connectivity index (χ1n) is 23.8. The van der Waals surface area contributed by atoms with Crippen molar-refractivity contribution in [3.63, 3.8) is 0 Å². The Morgan fingerprint density at radius 1 is 0.686 bits per heavy atom. The lowest BCUT2D eigenvalue weighted by Crippen LogP contribution is -2.57. The number of hydrogen-bond acceptors (Lipinski definition) is 12. The SMILES string of the molecule is CC(=O)N[C@@H](Cc1ccccc1)C(=O)N[C@@H](CCC(=O)C=[N+]=[N-])C(=O)N[C@@H](Cc1ccccc1)C(=O)NCC(=O)NCCCOCCOCCOCCCNC(=O)CCCC[C@@H]1SC[C@@H]2NC(=O)N[C@@H]21. The molecular weight excluding hydrogens is 925 g/mol. The van der Waals surface area contributed by atoms with Gasteiger partial charge in [0.15, 0.2) is 0 Å². The van der Waals surface area contributed by atoms with Gasteiger partial charge in [-0.2, -0.15) is 16.6 Å². The minimum atomic E-state index is -1.35. The summed E-state index contributed by atoms with van der Waals surface area (Å²) in [5.74, 6) is -2.78. The molecule has 8 N–H and O–H groups in total. The molecule has 70 heavy (non-hydrogen) atoms. The minimum Gasteiger partial charge on any atom is -0.379 e. The predicted molar refractivity (Wildman–Crippen MR) is 260 cm³/mol. The molecule has 4 rings (SSSR count). The largest absolute Gasteiger partial charge is 0.379 e. The third-order valence-electron chi connectivity index (χ3n) is 11.2. The van der Waals surface area contributed by atoms with Crippen molar-refractivity contribution in [3.8, 4) is 0 Å². The molecule has 0 aliphatic carbocycles. The first kappa shape index (κ1) is 56.4. The predicted octanol–water partition coefficient (Wildman–Crippen LogP) is 0.500. The molecule has 21 nitrogen and oxygen atoms in total. The quantitative estimate of drug-likeness (QED) is 0.0154. The Hall–Kier alpha value is -6.19. The Balaban J connectivity index is 1.08. The maximum Gasteiger partial charge on any atom is 0.323 e. The summed E-state index contributed by atoms with van der Waals surface area (Å²) in [6.07, 6.45) is 4.69. The van der Waals surface area contributed by atoms with Crippen LogP contribution in [-0.4, -0.2) is 159 Å². The Morgan fingerprint density at radius 2 is 1.24 bits per heavy atom. The lowest BCUT2D eigenvalue weighted by molar-refractivity contribution is -0.134. The molecule has 2 aromatic carbocycles. The van der Waals surface area contributed by atoms with Crippen molar-refractivity contribution in [2.45, 2.75) is 107 Å².